The van der Waals surface area contributed by atoms with Gasteiger partial charge in [0.2, 0.25) is 11.7 Å². The number of aromatic nitrogens is 5. The number of hydrogen-bond donors (Lipinski definition) is 1. The molecule has 9 heteroatoms. The van der Waals surface area contributed by atoms with Crippen LogP contribution in [0.2, 0.25) is 0 Å². The standard InChI is InChI=1S/C11H8Br2N6O/c12-6-1-8(13)10(15-2-6)11-17-9(20-18-11)5-19-4-7(14)3-16-19/h1-4H,5,14H2. The number of halogens is 2. The lowest BCUT2D eigenvalue weighted by atomic mass is 10.3. The lowest BCUT2D eigenvalue weighted by molar-refractivity contribution is 0.366. The fraction of sp³-hybridized carbons (Fsp3) is 0.0909. The number of rotatable bonds is 3. The Labute approximate surface area is 130 Å². The molecular formula is C11H8Br2N6O. The van der Waals surface area contributed by atoms with Gasteiger partial charge in [0, 0.05) is 21.3 Å². The molecule has 3 aromatic heterocycles. The third-order valence-corrected chi connectivity index (χ3v) is 3.48. The lowest BCUT2D eigenvalue weighted by Crippen LogP contribution is -2.00. The minimum absolute atomic E-state index is 0.359. The van der Waals surface area contributed by atoms with Crippen molar-refractivity contribution in [3.63, 3.8) is 0 Å². The average Bonchev–Trinajstić information content (AvgIpc) is 2.99. The van der Waals surface area contributed by atoms with Crippen molar-refractivity contribution in [3.8, 4) is 11.5 Å². The van der Waals surface area contributed by atoms with Gasteiger partial charge in [0.05, 0.1) is 11.9 Å². The van der Waals surface area contributed by atoms with Gasteiger partial charge in [-0.2, -0.15) is 10.1 Å². The first-order chi connectivity index (χ1) is 9.61. The van der Waals surface area contributed by atoms with E-state index in [1.807, 2.05) is 6.07 Å². The second kappa shape index (κ2) is 5.33. The number of anilines is 1. The Hall–Kier alpha value is -1.74. The highest BCUT2D eigenvalue weighted by Crippen LogP contribution is 2.26. The van der Waals surface area contributed by atoms with Crippen LogP contribution >= 0.6 is 31.9 Å². The normalized spacial score (nSPS) is 10.9. The summed E-state index contributed by atoms with van der Waals surface area (Å²) < 4.78 is 8.45. The van der Waals surface area contributed by atoms with E-state index in [4.69, 9.17) is 10.3 Å². The predicted molar refractivity (Wildman–Crippen MR) is 78.7 cm³/mol. The molecule has 0 saturated carbocycles. The van der Waals surface area contributed by atoms with Gasteiger partial charge < -0.3 is 10.3 Å². The zero-order valence-electron chi connectivity index (χ0n) is 9.99. The Balaban J connectivity index is 1.86. The fourth-order valence-corrected chi connectivity index (χ4v) is 2.76. The molecule has 0 amide bonds. The van der Waals surface area contributed by atoms with Crippen LogP contribution in [-0.2, 0) is 6.54 Å². The van der Waals surface area contributed by atoms with Crippen LogP contribution in [0, 0.1) is 0 Å². The van der Waals surface area contributed by atoms with Crippen LogP contribution < -0.4 is 5.73 Å². The van der Waals surface area contributed by atoms with Crippen molar-refractivity contribution in [1.29, 1.82) is 0 Å². The number of hydrogen-bond acceptors (Lipinski definition) is 6. The topological polar surface area (TPSA) is 95.7 Å². The third kappa shape index (κ3) is 2.73. The summed E-state index contributed by atoms with van der Waals surface area (Å²) in [4.78, 5) is 8.54. The zero-order chi connectivity index (χ0) is 14.1. The van der Waals surface area contributed by atoms with E-state index in [2.05, 4.69) is 52.1 Å². The first kappa shape index (κ1) is 13.3. The van der Waals surface area contributed by atoms with Crippen LogP contribution in [0.3, 0.4) is 0 Å². The molecule has 3 aromatic rings. The molecule has 102 valence electrons. The van der Waals surface area contributed by atoms with Crippen molar-refractivity contribution >= 4 is 37.5 Å². The van der Waals surface area contributed by atoms with Crippen LogP contribution in [0.4, 0.5) is 5.69 Å². The molecule has 0 aliphatic rings. The monoisotopic (exact) mass is 398 g/mol. The van der Waals surface area contributed by atoms with Gasteiger partial charge in [0.25, 0.3) is 0 Å². The molecule has 0 aliphatic heterocycles. The second-order valence-corrected chi connectivity index (χ2v) is 5.74. The average molecular weight is 400 g/mol. The molecule has 0 aliphatic carbocycles. The zero-order valence-corrected chi connectivity index (χ0v) is 13.2. The summed E-state index contributed by atoms with van der Waals surface area (Å²) in [6.07, 6.45) is 4.92. The van der Waals surface area contributed by atoms with E-state index in [0.29, 0.717) is 29.6 Å². The summed E-state index contributed by atoms with van der Waals surface area (Å²) >= 11 is 6.76. The maximum atomic E-state index is 5.59. The van der Waals surface area contributed by atoms with Crippen molar-refractivity contribution in [2.75, 3.05) is 5.73 Å². The van der Waals surface area contributed by atoms with Crippen LogP contribution in [0.5, 0.6) is 0 Å². The molecule has 0 fully saturated rings. The Kier molecular flexibility index (Phi) is 3.53. The molecule has 0 saturated heterocycles. The predicted octanol–water partition coefficient (Wildman–Crippen LogP) is 2.48. The molecule has 2 N–H and O–H groups in total. The first-order valence-electron chi connectivity index (χ1n) is 5.54. The molecular weight excluding hydrogens is 392 g/mol. The summed E-state index contributed by atoms with van der Waals surface area (Å²) in [6, 6.07) is 1.87. The summed E-state index contributed by atoms with van der Waals surface area (Å²) in [5.41, 5.74) is 6.79. The smallest absolute Gasteiger partial charge is 0.248 e. The van der Waals surface area contributed by atoms with Gasteiger partial charge in [-0.15, -0.1) is 0 Å². The largest absolute Gasteiger partial charge is 0.396 e. The minimum atomic E-state index is 0.359. The number of nitrogen functional groups attached to an aromatic ring is 1. The summed E-state index contributed by atoms with van der Waals surface area (Å²) in [5.74, 6) is 0.847. The molecule has 0 aromatic carbocycles. The van der Waals surface area contributed by atoms with Gasteiger partial charge in [0.1, 0.15) is 12.2 Å². The van der Waals surface area contributed by atoms with Gasteiger partial charge in [-0.25, -0.2) is 0 Å². The van der Waals surface area contributed by atoms with E-state index in [1.165, 1.54) is 0 Å². The minimum Gasteiger partial charge on any atom is -0.396 e. The molecule has 7 nitrogen and oxygen atoms in total. The van der Waals surface area contributed by atoms with Crippen molar-refractivity contribution in [1.82, 2.24) is 24.9 Å². The number of pyridine rings is 1. The molecule has 0 radical (unpaired) electrons. The summed E-state index contributed by atoms with van der Waals surface area (Å²) in [5, 5.41) is 7.97. The number of nitrogens with two attached hydrogens (primary N) is 1. The lowest BCUT2D eigenvalue weighted by Gasteiger charge is -1.98. The summed E-state index contributed by atoms with van der Waals surface area (Å²) in [6.45, 7) is 0.359. The Morgan fingerprint density at radius 2 is 2.15 bits per heavy atom. The van der Waals surface area contributed by atoms with E-state index >= 15 is 0 Å². The van der Waals surface area contributed by atoms with Gasteiger partial charge >= 0.3 is 0 Å². The van der Waals surface area contributed by atoms with Crippen LogP contribution in [0.15, 0.2) is 38.1 Å². The maximum absolute atomic E-state index is 5.59. The van der Waals surface area contributed by atoms with Gasteiger partial charge in [0.15, 0.2) is 0 Å². The van der Waals surface area contributed by atoms with Gasteiger partial charge in [-0.05, 0) is 37.9 Å². The Morgan fingerprint density at radius 3 is 2.85 bits per heavy atom. The van der Waals surface area contributed by atoms with Gasteiger partial charge in [-0.1, -0.05) is 5.16 Å². The van der Waals surface area contributed by atoms with Crippen LogP contribution in [0.1, 0.15) is 5.89 Å². The molecule has 0 atom stereocenters. The molecule has 0 spiro atoms. The van der Waals surface area contributed by atoms with Crippen molar-refractivity contribution in [2.45, 2.75) is 6.54 Å². The highest BCUT2D eigenvalue weighted by atomic mass is 79.9. The Bertz CT molecular complexity index is 753. The molecule has 20 heavy (non-hydrogen) atoms. The Morgan fingerprint density at radius 1 is 1.30 bits per heavy atom. The van der Waals surface area contributed by atoms with E-state index in [1.54, 1.807) is 23.3 Å². The first-order valence-corrected chi connectivity index (χ1v) is 7.12. The fourth-order valence-electron chi connectivity index (χ4n) is 1.60. The molecule has 0 bridgehead atoms. The second-order valence-electron chi connectivity index (χ2n) is 3.97. The van der Waals surface area contributed by atoms with Gasteiger partial charge in [-0.3, -0.25) is 9.67 Å². The van der Waals surface area contributed by atoms with E-state index in [9.17, 15) is 0 Å². The molecule has 3 heterocycles. The van der Waals surface area contributed by atoms with E-state index < -0.39 is 0 Å². The quantitative estimate of drug-likeness (QED) is 0.726. The summed E-state index contributed by atoms with van der Waals surface area (Å²) in [7, 11) is 0. The van der Waals surface area contributed by atoms with Crippen LogP contribution in [-0.4, -0.2) is 24.9 Å². The highest BCUT2D eigenvalue weighted by molar-refractivity contribution is 9.11. The SMILES string of the molecule is Nc1cnn(Cc2nc(-c3ncc(Br)cc3Br)no2)c1. The van der Waals surface area contributed by atoms with Crippen LogP contribution in [0.25, 0.3) is 11.5 Å². The van der Waals surface area contributed by atoms with E-state index in [0.717, 1.165) is 8.95 Å². The highest BCUT2D eigenvalue weighted by Gasteiger charge is 2.14. The number of nitrogens with zero attached hydrogens (tertiary/aromatic N) is 5. The van der Waals surface area contributed by atoms with Crippen molar-refractivity contribution < 1.29 is 4.52 Å². The molecule has 0 unspecified atom stereocenters. The molecule has 3 rings (SSSR count). The third-order valence-electron chi connectivity index (χ3n) is 2.44. The van der Waals surface area contributed by atoms with Crippen molar-refractivity contribution in [2.24, 2.45) is 0 Å². The van der Waals surface area contributed by atoms with E-state index in [-0.39, 0.29) is 0 Å². The van der Waals surface area contributed by atoms with Crippen molar-refractivity contribution in [3.05, 3.63) is 39.5 Å². The maximum Gasteiger partial charge on any atom is 0.248 e.